The van der Waals surface area contributed by atoms with Crippen molar-refractivity contribution in [2.75, 3.05) is 23.7 Å². The molecule has 0 spiro atoms. The topological polar surface area (TPSA) is 72.4 Å². The van der Waals surface area contributed by atoms with Gasteiger partial charge < -0.3 is 10.6 Å². The van der Waals surface area contributed by atoms with Crippen LogP contribution >= 0.6 is 0 Å². The molecule has 118 valence electrons. The van der Waals surface area contributed by atoms with Crippen LogP contribution < -0.4 is 10.6 Å². The van der Waals surface area contributed by atoms with Gasteiger partial charge in [-0.3, -0.25) is 10.1 Å². The van der Waals surface area contributed by atoms with Gasteiger partial charge >= 0.3 is 0 Å². The Bertz CT molecular complexity index is 467. The van der Waals surface area contributed by atoms with Crippen LogP contribution in [-0.2, 0) is 0 Å². The van der Waals surface area contributed by atoms with E-state index < -0.39 is 4.92 Å². The minimum absolute atomic E-state index is 0.0131. The van der Waals surface area contributed by atoms with Crippen molar-refractivity contribution < 1.29 is 4.92 Å². The number of nitrogen functional groups attached to an aromatic ring is 1. The molecule has 1 aromatic carbocycles. The maximum atomic E-state index is 10.7. The number of anilines is 2. The number of nitro groups is 1. The normalized spacial score (nSPS) is 15.6. The van der Waals surface area contributed by atoms with Crippen molar-refractivity contribution >= 4 is 17.1 Å². The number of nitrogens with zero attached hydrogens (tertiary/aromatic N) is 2. The molecule has 2 rings (SSSR count). The van der Waals surface area contributed by atoms with Gasteiger partial charge in [-0.15, -0.1) is 0 Å². The summed E-state index contributed by atoms with van der Waals surface area (Å²) in [6.07, 6.45) is 2.35. The van der Waals surface area contributed by atoms with E-state index in [1.54, 1.807) is 12.1 Å². The number of hydrogen-bond donors (Lipinski definition) is 1. The highest BCUT2D eigenvalue weighted by Gasteiger charge is 2.22. The van der Waals surface area contributed by atoms with Crippen molar-refractivity contribution in [3.63, 3.8) is 0 Å². The predicted molar refractivity (Wildman–Crippen MR) is 88.6 cm³/mol. The van der Waals surface area contributed by atoms with Gasteiger partial charge in [-0.2, -0.15) is 0 Å². The number of nitro benzene ring substituents is 1. The van der Waals surface area contributed by atoms with Gasteiger partial charge in [-0.05, 0) is 36.8 Å². The maximum absolute atomic E-state index is 10.7. The van der Waals surface area contributed by atoms with Crippen LogP contribution in [0.15, 0.2) is 18.2 Å². The monoisotopic (exact) mass is 293 g/mol. The lowest BCUT2D eigenvalue weighted by atomic mass is 9.86. The van der Waals surface area contributed by atoms with Crippen molar-refractivity contribution in [2.24, 2.45) is 11.8 Å². The van der Waals surface area contributed by atoms with Crippen molar-refractivity contribution in [3.8, 4) is 0 Å². The number of hydrogen-bond acceptors (Lipinski definition) is 4. The fourth-order valence-electron chi connectivity index (χ4n) is 2.73. The summed E-state index contributed by atoms with van der Waals surface area (Å²) < 4.78 is 0. The molecule has 21 heavy (non-hydrogen) atoms. The Kier molecular flexibility index (Phi) is 6.46. The second-order valence-corrected chi connectivity index (χ2v) is 5.57. The van der Waals surface area contributed by atoms with Gasteiger partial charge in [0.2, 0.25) is 0 Å². The van der Waals surface area contributed by atoms with Crippen molar-refractivity contribution in [2.45, 2.75) is 40.5 Å². The summed E-state index contributed by atoms with van der Waals surface area (Å²) in [6, 6.07) is 5.01. The Morgan fingerprint density at radius 1 is 1.29 bits per heavy atom. The lowest BCUT2D eigenvalue weighted by Crippen LogP contribution is -2.35. The number of benzene rings is 1. The maximum Gasteiger partial charge on any atom is 0.292 e. The molecule has 0 radical (unpaired) electrons. The fraction of sp³-hybridized carbons (Fsp3) is 0.625. The van der Waals surface area contributed by atoms with Crippen LogP contribution in [0.25, 0.3) is 0 Å². The first-order valence-electron chi connectivity index (χ1n) is 7.78. The lowest BCUT2D eigenvalue weighted by Gasteiger charge is -2.35. The average Bonchev–Trinajstić information content (AvgIpc) is 2.49. The van der Waals surface area contributed by atoms with Gasteiger partial charge in [0, 0.05) is 24.8 Å². The lowest BCUT2D eigenvalue weighted by molar-refractivity contribution is -0.383. The number of piperidine rings is 1. The quantitative estimate of drug-likeness (QED) is 0.518. The van der Waals surface area contributed by atoms with Gasteiger partial charge in [0.25, 0.3) is 5.69 Å². The van der Waals surface area contributed by atoms with Gasteiger partial charge in [0.05, 0.1) is 4.92 Å². The molecule has 0 bridgehead atoms. The minimum Gasteiger partial charge on any atom is -0.393 e. The smallest absolute Gasteiger partial charge is 0.292 e. The zero-order valence-corrected chi connectivity index (χ0v) is 13.5. The second kappa shape index (κ2) is 7.86. The van der Waals surface area contributed by atoms with Crippen LogP contribution in [0.2, 0.25) is 0 Å². The molecule has 1 saturated heterocycles. The van der Waals surface area contributed by atoms with E-state index >= 15 is 0 Å². The SMILES string of the molecule is CC.CC(C)C1CCN(c2ccc([N+](=O)[O-])c(N)c2)CC1. The van der Waals surface area contributed by atoms with E-state index in [1.807, 2.05) is 13.8 Å². The highest BCUT2D eigenvalue weighted by Crippen LogP contribution is 2.31. The third-order valence-corrected chi connectivity index (χ3v) is 4.06. The molecule has 0 aliphatic carbocycles. The molecule has 0 aromatic heterocycles. The van der Waals surface area contributed by atoms with E-state index in [4.69, 9.17) is 5.73 Å². The molecule has 1 aliphatic heterocycles. The number of rotatable bonds is 3. The molecule has 1 aliphatic rings. The second-order valence-electron chi connectivity index (χ2n) is 5.57. The summed E-state index contributed by atoms with van der Waals surface area (Å²) in [7, 11) is 0. The molecule has 2 N–H and O–H groups in total. The summed E-state index contributed by atoms with van der Waals surface area (Å²) >= 11 is 0. The Labute approximate surface area is 127 Å². The van der Waals surface area contributed by atoms with E-state index in [1.165, 1.54) is 18.9 Å². The minimum atomic E-state index is -0.440. The molecule has 5 heteroatoms. The van der Waals surface area contributed by atoms with Gasteiger partial charge in [-0.1, -0.05) is 27.7 Å². The zero-order valence-electron chi connectivity index (χ0n) is 13.5. The van der Waals surface area contributed by atoms with Crippen molar-refractivity contribution in [3.05, 3.63) is 28.3 Å². The molecule has 1 fully saturated rings. The summed E-state index contributed by atoms with van der Waals surface area (Å²) in [5, 5.41) is 10.7. The zero-order chi connectivity index (χ0) is 16.0. The van der Waals surface area contributed by atoms with Gasteiger partial charge in [0.1, 0.15) is 5.69 Å². The Hall–Kier alpha value is -1.78. The first-order chi connectivity index (χ1) is 9.99. The van der Waals surface area contributed by atoms with Crippen LogP contribution in [0.3, 0.4) is 0 Å². The molecular weight excluding hydrogens is 266 g/mol. The van der Waals surface area contributed by atoms with E-state index in [2.05, 4.69) is 18.7 Å². The van der Waals surface area contributed by atoms with E-state index in [-0.39, 0.29) is 11.4 Å². The molecule has 1 aromatic rings. The first-order valence-corrected chi connectivity index (χ1v) is 7.78. The van der Waals surface area contributed by atoms with Crippen LogP contribution in [0.5, 0.6) is 0 Å². The highest BCUT2D eigenvalue weighted by atomic mass is 16.6. The molecule has 5 nitrogen and oxygen atoms in total. The Balaban J connectivity index is 0.00000106. The summed E-state index contributed by atoms with van der Waals surface area (Å²) in [6.45, 7) is 10.5. The van der Waals surface area contributed by atoms with Crippen LogP contribution in [-0.4, -0.2) is 18.0 Å². The fourth-order valence-corrected chi connectivity index (χ4v) is 2.73. The summed E-state index contributed by atoms with van der Waals surface area (Å²) in [5.41, 5.74) is 6.96. The molecule has 0 amide bonds. The van der Waals surface area contributed by atoms with E-state index in [0.717, 1.165) is 30.6 Å². The van der Waals surface area contributed by atoms with Crippen LogP contribution in [0.4, 0.5) is 17.1 Å². The molecule has 0 unspecified atom stereocenters. The van der Waals surface area contributed by atoms with Crippen LogP contribution in [0, 0.1) is 22.0 Å². The highest BCUT2D eigenvalue weighted by molar-refractivity contribution is 5.66. The third-order valence-electron chi connectivity index (χ3n) is 4.06. The Morgan fingerprint density at radius 2 is 1.86 bits per heavy atom. The Morgan fingerprint density at radius 3 is 2.29 bits per heavy atom. The summed E-state index contributed by atoms with van der Waals surface area (Å²) in [4.78, 5) is 12.6. The summed E-state index contributed by atoms with van der Waals surface area (Å²) in [5.74, 6) is 1.51. The molecule has 0 atom stereocenters. The number of nitrogens with two attached hydrogens (primary N) is 1. The molecule has 1 heterocycles. The third kappa shape index (κ3) is 4.34. The van der Waals surface area contributed by atoms with Gasteiger partial charge in [0.15, 0.2) is 0 Å². The van der Waals surface area contributed by atoms with E-state index in [0.29, 0.717) is 0 Å². The molecule has 0 saturated carbocycles. The standard InChI is InChI=1S/C14H21N3O2.C2H6/c1-10(2)11-5-7-16(8-6-11)12-3-4-14(17(18)19)13(15)9-12;1-2/h3-4,9-11H,5-8,15H2,1-2H3;1-2H3. The molecular formula is C16H27N3O2. The van der Waals surface area contributed by atoms with Crippen molar-refractivity contribution in [1.29, 1.82) is 0 Å². The van der Waals surface area contributed by atoms with Crippen molar-refractivity contribution in [1.82, 2.24) is 0 Å². The van der Waals surface area contributed by atoms with Gasteiger partial charge in [-0.25, -0.2) is 0 Å². The first kappa shape index (κ1) is 17.3. The predicted octanol–water partition coefficient (Wildman–Crippen LogP) is 4.08. The van der Waals surface area contributed by atoms with E-state index in [9.17, 15) is 10.1 Å². The largest absolute Gasteiger partial charge is 0.393 e. The average molecular weight is 293 g/mol. The van der Waals surface area contributed by atoms with Crippen LogP contribution in [0.1, 0.15) is 40.5 Å².